The zero-order valence-corrected chi connectivity index (χ0v) is 15.4. The summed E-state index contributed by atoms with van der Waals surface area (Å²) in [4.78, 5) is 15.3. The summed E-state index contributed by atoms with van der Waals surface area (Å²) in [6.07, 6.45) is 1.65. The molecule has 1 aliphatic rings. The van der Waals surface area contributed by atoms with E-state index in [1.165, 1.54) is 16.3 Å². The summed E-state index contributed by atoms with van der Waals surface area (Å²) in [5, 5.41) is 2.52. The average molecular weight is 323 g/mol. The van der Waals surface area contributed by atoms with Crippen molar-refractivity contribution in [2.24, 2.45) is 11.8 Å². The van der Waals surface area contributed by atoms with Crippen LogP contribution in [0.2, 0.25) is 0 Å². The van der Waals surface area contributed by atoms with Crippen molar-refractivity contribution < 1.29 is 4.79 Å². The van der Waals surface area contributed by atoms with Crippen molar-refractivity contribution in [2.75, 3.05) is 20.1 Å². The van der Waals surface area contributed by atoms with Crippen molar-refractivity contribution in [3.63, 3.8) is 0 Å². The van der Waals surface area contributed by atoms with E-state index >= 15 is 0 Å². The van der Waals surface area contributed by atoms with Gasteiger partial charge in [0, 0.05) is 25.4 Å². The van der Waals surface area contributed by atoms with Crippen molar-refractivity contribution in [1.29, 1.82) is 0 Å². The number of carbonyl (C=O) groups is 1. The maximum Gasteiger partial charge on any atom is 0.138 e. The van der Waals surface area contributed by atoms with Gasteiger partial charge in [0.15, 0.2) is 0 Å². The van der Waals surface area contributed by atoms with E-state index in [4.69, 9.17) is 0 Å². The van der Waals surface area contributed by atoms with Crippen LogP contribution in [0.1, 0.15) is 39.2 Å². The van der Waals surface area contributed by atoms with Gasteiger partial charge in [-0.2, -0.15) is 0 Å². The first-order chi connectivity index (χ1) is 11.4. The number of piperidine rings is 1. The predicted octanol–water partition coefficient (Wildman–Crippen LogP) is 4.66. The van der Waals surface area contributed by atoms with Gasteiger partial charge in [0.2, 0.25) is 0 Å². The minimum absolute atomic E-state index is 0.142. The summed E-state index contributed by atoms with van der Waals surface area (Å²) in [5.41, 5.74) is 1.14. The van der Waals surface area contributed by atoms with Gasteiger partial charge in [-0.1, -0.05) is 63.2 Å². The van der Waals surface area contributed by atoms with Crippen LogP contribution in [-0.4, -0.2) is 30.8 Å². The number of ketones is 1. The lowest BCUT2D eigenvalue weighted by Crippen LogP contribution is -2.41. The van der Waals surface area contributed by atoms with Crippen LogP contribution in [0.3, 0.4) is 0 Å². The van der Waals surface area contributed by atoms with Crippen LogP contribution < -0.4 is 0 Å². The molecule has 0 spiro atoms. The number of hydrogen-bond donors (Lipinski definition) is 0. The fraction of sp³-hybridized carbons (Fsp3) is 0.500. The molecule has 2 aromatic carbocycles. The number of hydrogen-bond acceptors (Lipinski definition) is 2. The SMILES string of the molecule is CC1CC(C(=O)CC(C)(C)c2cccc3ccccc23)CN(C)C1. The molecular weight excluding hydrogens is 294 g/mol. The Morgan fingerprint density at radius 3 is 2.58 bits per heavy atom. The molecule has 1 fully saturated rings. The van der Waals surface area contributed by atoms with Crippen molar-refractivity contribution >= 4 is 16.6 Å². The highest BCUT2D eigenvalue weighted by molar-refractivity contribution is 5.88. The Balaban J connectivity index is 1.83. The number of carbonyl (C=O) groups excluding carboxylic acids is 1. The van der Waals surface area contributed by atoms with Crippen LogP contribution in [0.4, 0.5) is 0 Å². The van der Waals surface area contributed by atoms with Crippen LogP contribution >= 0.6 is 0 Å². The lowest BCUT2D eigenvalue weighted by Gasteiger charge is -2.35. The molecule has 1 heterocycles. The maximum atomic E-state index is 13.0. The molecule has 128 valence electrons. The molecule has 2 atom stereocenters. The maximum absolute atomic E-state index is 13.0. The molecule has 2 unspecified atom stereocenters. The van der Waals surface area contributed by atoms with Crippen molar-refractivity contribution in [2.45, 2.75) is 39.0 Å². The first-order valence-electron chi connectivity index (χ1n) is 9.06. The van der Waals surface area contributed by atoms with Gasteiger partial charge in [-0.05, 0) is 41.1 Å². The molecule has 0 radical (unpaired) electrons. The molecule has 0 aliphatic carbocycles. The van der Waals surface area contributed by atoms with E-state index in [2.05, 4.69) is 75.2 Å². The molecule has 24 heavy (non-hydrogen) atoms. The Labute approximate surface area is 145 Å². The van der Waals surface area contributed by atoms with E-state index in [0.29, 0.717) is 18.1 Å². The summed E-state index contributed by atoms with van der Waals surface area (Å²) >= 11 is 0. The number of benzene rings is 2. The van der Waals surface area contributed by atoms with Crippen LogP contribution in [0.15, 0.2) is 42.5 Å². The fourth-order valence-corrected chi connectivity index (χ4v) is 4.34. The lowest BCUT2D eigenvalue weighted by molar-refractivity contribution is -0.126. The van der Waals surface area contributed by atoms with Crippen LogP contribution in [0.5, 0.6) is 0 Å². The van der Waals surface area contributed by atoms with E-state index in [9.17, 15) is 4.79 Å². The minimum Gasteiger partial charge on any atom is -0.305 e. The third-order valence-corrected chi connectivity index (χ3v) is 5.43. The normalized spacial score (nSPS) is 22.7. The van der Waals surface area contributed by atoms with E-state index in [0.717, 1.165) is 19.5 Å². The smallest absolute Gasteiger partial charge is 0.138 e. The summed E-state index contributed by atoms with van der Waals surface area (Å²) < 4.78 is 0. The van der Waals surface area contributed by atoms with E-state index in [-0.39, 0.29) is 11.3 Å². The van der Waals surface area contributed by atoms with Gasteiger partial charge in [0.05, 0.1) is 0 Å². The quantitative estimate of drug-likeness (QED) is 0.815. The summed E-state index contributed by atoms with van der Waals surface area (Å²) in [6.45, 7) is 8.70. The molecular formula is C22H29NO. The lowest BCUT2D eigenvalue weighted by atomic mass is 9.74. The molecule has 2 nitrogen and oxygen atoms in total. The second-order valence-corrected chi connectivity index (χ2v) is 8.31. The molecule has 0 aromatic heterocycles. The molecule has 0 saturated carbocycles. The molecule has 2 heteroatoms. The summed E-state index contributed by atoms with van der Waals surface area (Å²) in [6, 6.07) is 14.9. The van der Waals surface area contributed by atoms with Crippen molar-refractivity contribution in [1.82, 2.24) is 4.90 Å². The summed E-state index contributed by atoms with van der Waals surface area (Å²) in [5.74, 6) is 1.22. The van der Waals surface area contributed by atoms with Gasteiger partial charge in [-0.3, -0.25) is 4.79 Å². The van der Waals surface area contributed by atoms with Crippen LogP contribution in [0, 0.1) is 11.8 Å². The van der Waals surface area contributed by atoms with E-state index in [1.54, 1.807) is 0 Å². The van der Waals surface area contributed by atoms with Crippen LogP contribution in [0.25, 0.3) is 10.8 Å². The first kappa shape index (κ1) is 17.2. The topological polar surface area (TPSA) is 20.3 Å². The predicted molar refractivity (Wildman–Crippen MR) is 101 cm³/mol. The van der Waals surface area contributed by atoms with Crippen molar-refractivity contribution in [3.8, 4) is 0 Å². The zero-order valence-electron chi connectivity index (χ0n) is 15.4. The molecule has 1 aliphatic heterocycles. The zero-order chi connectivity index (χ0) is 17.3. The third-order valence-electron chi connectivity index (χ3n) is 5.43. The Kier molecular flexibility index (Phi) is 4.78. The minimum atomic E-state index is -0.142. The highest BCUT2D eigenvalue weighted by Gasteiger charge is 2.33. The Bertz CT molecular complexity index is 718. The second kappa shape index (κ2) is 6.68. The number of nitrogens with zero attached hydrogens (tertiary/aromatic N) is 1. The third kappa shape index (κ3) is 3.54. The van der Waals surface area contributed by atoms with Crippen LogP contribution in [-0.2, 0) is 10.2 Å². The Morgan fingerprint density at radius 1 is 1.12 bits per heavy atom. The Morgan fingerprint density at radius 2 is 1.83 bits per heavy atom. The standard InChI is InChI=1S/C22H29NO/c1-16-12-18(15-23(4)14-16)21(24)13-22(2,3)20-11-7-9-17-8-5-6-10-19(17)20/h5-11,16,18H,12-15H2,1-4H3. The van der Waals surface area contributed by atoms with Crippen molar-refractivity contribution in [3.05, 3.63) is 48.0 Å². The van der Waals surface area contributed by atoms with Gasteiger partial charge in [-0.15, -0.1) is 0 Å². The fourth-order valence-electron chi connectivity index (χ4n) is 4.34. The molecule has 2 aromatic rings. The van der Waals surface area contributed by atoms with Gasteiger partial charge in [0.1, 0.15) is 5.78 Å². The molecule has 3 rings (SSSR count). The summed E-state index contributed by atoms with van der Waals surface area (Å²) in [7, 11) is 2.13. The Hall–Kier alpha value is -1.67. The number of fused-ring (bicyclic) bond motifs is 1. The van der Waals surface area contributed by atoms with Gasteiger partial charge in [0.25, 0.3) is 0 Å². The molecule has 0 N–H and O–H groups in total. The largest absolute Gasteiger partial charge is 0.305 e. The monoisotopic (exact) mass is 323 g/mol. The molecule has 0 amide bonds. The second-order valence-electron chi connectivity index (χ2n) is 8.31. The van der Waals surface area contributed by atoms with Gasteiger partial charge in [-0.25, -0.2) is 0 Å². The number of likely N-dealkylation sites (tertiary alicyclic amines) is 1. The first-order valence-corrected chi connectivity index (χ1v) is 9.06. The highest BCUT2D eigenvalue weighted by atomic mass is 16.1. The molecule has 1 saturated heterocycles. The van der Waals surface area contributed by atoms with Gasteiger partial charge >= 0.3 is 0 Å². The highest BCUT2D eigenvalue weighted by Crippen LogP contribution is 2.35. The average Bonchev–Trinajstić information content (AvgIpc) is 2.53. The van der Waals surface area contributed by atoms with E-state index in [1.807, 2.05) is 0 Å². The number of rotatable bonds is 4. The number of Topliss-reactive ketones (excluding diaryl/α,β-unsaturated/α-hetero) is 1. The van der Waals surface area contributed by atoms with Gasteiger partial charge < -0.3 is 4.90 Å². The molecule has 0 bridgehead atoms. The van der Waals surface area contributed by atoms with E-state index < -0.39 is 0 Å².